The summed E-state index contributed by atoms with van der Waals surface area (Å²) in [5.74, 6) is 2.23. The third-order valence-corrected chi connectivity index (χ3v) is 3.35. The Morgan fingerprint density at radius 2 is 1.94 bits per heavy atom. The van der Waals surface area contributed by atoms with Gasteiger partial charge >= 0.3 is 0 Å². The fraction of sp³-hybridized carbons (Fsp3) is 0.333. The first-order chi connectivity index (χ1) is 7.95. The van der Waals surface area contributed by atoms with Crippen molar-refractivity contribution < 1.29 is 17.3 Å². The topological polar surface area (TPSA) is 52.6 Å². The number of hydrogen-bond donors (Lipinski definition) is 0. The second-order valence-electron chi connectivity index (χ2n) is 3.45. The van der Waals surface area contributed by atoms with Crippen molar-refractivity contribution in [2.45, 2.75) is 25.0 Å². The van der Waals surface area contributed by atoms with Crippen molar-refractivity contribution in [1.82, 2.24) is 0 Å². The zero-order chi connectivity index (χ0) is 12.9. The van der Waals surface area contributed by atoms with Crippen LogP contribution in [0.3, 0.4) is 0 Å². The second-order valence-corrected chi connectivity index (χ2v) is 5.02. The normalized spacial score (nSPS) is 13.0. The molecule has 0 heterocycles. The second kappa shape index (κ2) is 5.82. The van der Waals surface area contributed by atoms with E-state index in [2.05, 4.69) is 5.92 Å². The molecule has 1 atom stereocenters. The van der Waals surface area contributed by atoms with Gasteiger partial charge in [0, 0.05) is 0 Å². The predicted octanol–water partition coefficient (Wildman–Crippen LogP) is 1.70. The molecule has 1 aromatic carbocycles. The standard InChI is InChI=1S/C12H14O4S/c1-4-9-15-11(3)16-17(13,14)12-7-5-10(2)6-8-12/h1,5-8,11H,9H2,2-3H3. The minimum atomic E-state index is -3.80. The average molecular weight is 254 g/mol. The van der Waals surface area contributed by atoms with E-state index in [1.165, 1.54) is 19.1 Å². The Balaban J connectivity index is 2.75. The van der Waals surface area contributed by atoms with Crippen LogP contribution in [0.1, 0.15) is 12.5 Å². The Morgan fingerprint density at radius 1 is 1.35 bits per heavy atom. The summed E-state index contributed by atoms with van der Waals surface area (Å²) in [5.41, 5.74) is 0.973. The summed E-state index contributed by atoms with van der Waals surface area (Å²) in [5, 5.41) is 0. The molecule has 0 radical (unpaired) electrons. The van der Waals surface area contributed by atoms with E-state index in [-0.39, 0.29) is 11.5 Å². The van der Waals surface area contributed by atoms with Gasteiger partial charge in [-0.3, -0.25) is 0 Å². The molecule has 0 aliphatic heterocycles. The smallest absolute Gasteiger partial charge is 0.299 e. The zero-order valence-corrected chi connectivity index (χ0v) is 10.5. The predicted molar refractivity (Wildman–Crippen MR) is 63.7 cm³/mol. The SMILES string of the molecule is C#CCOC(C)OS(=O)(=O)c1ccc(C)cc1. The highest BCUT2D eigenvalue weighted by molar-refractivity contribution is 7.86. The van der Waals surface area contributed by atoms with Gasteiger partial charge in [-0.15, -0.1) is 6.42 Å². The molecule has 1 unspecified atom stereocenters. The maximum Gasteiger partial charge on any atom is 0.299 e. The van der Waals surface area contributed by atoms with Crippen LogP contribution in [0.4, 0.5) is 0 Å². The molecule has 1 aromatic rings. The first kappa shape index (κ1) is 13.7. The monoisotopic (exact) mass is 254 g/mol. The van der Waals surface area contributed by atoms with E-state index in [1.807, 2.05) is 6.92 Å². The highest BCUT2D eigenvalue weighted by Crippen LogP contribution is 2.15. The molecule has 0 fully saturated rings. The van der Waals surface area contributed by atoms with Crippen LogP contribution >= 0.6 is 0 Å². The number of benzene rings is 1. The molecule has 0 bridgehead atoms. The van der Waals surface area contributed by atoms with Gasteiger partial charge in [0.05, 0.1) is 4.90 Å². The minimum absolute atomic E-state index is 0.00455. The van der Waals surface area contributed by atoms with Gasteiger partial charge in [-0.1, -0.05) is 23.6 Å². The molecule has 0 N–H and O–H groups in total. The molecule has 92 valence electrons. The van der Waals surface area contributed by atoms with Crippen molar-refractivity contribution in [3.8, 4) is 12.3 Å². The van der Waals surface area contributed by atoms with Gasteiger partial charge in [-0.25, -0.2) is 4.18 Å². The lowest BCUT2D eigenvalue weighted by Gasteiger charge is -2.12. The van der Waals surface area contributed by atoms with Crippen molar-refractivity contribution in [3.05, 3.63) is 29.8 Å². The van der Waals surface area contributed by atoms with Crippen LogP contribution in [0.25, 0.3) is 0 Å². The Morgan fingerprint density at radius 3 is 2.47 bits per heavy atom. The third kappa shape index (κ3) is 4.19. The average Bonchev–Trinajstić information content (AvgIpc) is 2.26. The molecular weight excluding hydrogens is 240 g/mol. The van der Waals surface area contributed by atoms with E-state index in [0.29, 0.717) is 0 Å². The maximum absolute atomic E-state index is 11.8. The van der Waals surface area contributed by atoms with Crippen molar-refractivity contribution in [2.75, 3.05) is 6.61 Å². The third-order valence-electron chi connectivity index (χ3n) is 1.97. The quantitative estimate of drug-likeness (QED) is 0.456. The lowest BCUT2D eigenvalue weighted by molar-refractivity contribution is -0.0484. The van der Waals surface area contributed by atoms with Crippen molar-refractivity contribution in [1.29, 1.82) is 0 Å². The van der Waals surface area contributed by atoms with Crippen LogP contribution in [0.2, 0.25) is 0 Å². The minimum Gasteiger partial charge on any atom is -0.339 e. The maximum atomic E-state index is 11.8. The highest BCUT2D eigenvalue weighted by atomic mass is 32.2. The number of hydrogen-bond acceptors (Lipinski definition) is 4. The van der Waals surface area contributed by atoms with E-state index in [1.54, 1.807) is 12.1 Å². The van der Waals surface area contributed by atoms with E-state index in [0.717, 1.165) is 5.56 Å². The fourth-order valence-electron chi connectivity index (χ4n) is 1.13. The lowest BCUT2D eigenvalue weighted by atomic mass is 10.2. The van der Waals surface area contributed by atoms with Crippen LogP contribution in [-0.4, -0.2) is 21.3 Å². The summed E-state index contributed by atoms with van der Waals surface area (Å²) in [4.78, 5) is 0.0965. The van der Waals surface area contributed by atoms with E-state index in [4.69, 9.17) is 15.3 Å². The van der Waals surface area contributed by atoms with Crippen LogP contribution in [0.5, 0.6) is 0 Å². The van der Waals surface area contributed by atoms with Gasteiger partial charge < -0.3 is 4.74 Å². The van der Waals surface area contributed by atoms with Crippen LogP contribution in [0.15, 0.2) is 29.2 Å². The lowest BCUT2D eigenvalue weighted by Crippen LogP contribution is -2.18. The van der Waals surface area contributed by atoms with Crippen LogP contribution in [-0.2, 0) is 19.0 Å². The van der Waals surface area contributed by atoms with Gasteiger partial charge in [0.2, 0.25) is 0 Å². The molecule has 0 aliphatic rings. The molecule has 0 saturated heterocycles. The summed E-state index contributed by atoms with van der Waals surface area (Å²) in [7, 11) is -3.80. The Labute approximate surface area is 102 Å². The van der Waals surface area contributed by atoms with E-state index in [9.17, 15) is 8.42 Å². The first-order valence-corrected chi connectivity index (χ1v) is 6.41. The van der Waals surface area contributed by atoms with Gasteiger partial charge in [0.25, 0.3) is 10.1 Å². The molecule has 4 nitrogen and oxygen atoms in total. The van der Waals surface area contributed by atoms with Gasteiger partial charge in [0.1, 0.15) is 6.61 Å². The van der Waals surface area contributed by atoms with Gasteiger partial charge in [-0.2, -0.15) is 8.42 Å². The van der Waals surface area contributed by atoms with Gasteiger partial charge in [-0.05, 0) is 26.0 Å². The van der Waals surface area contributed by atoms with E-state index < -0.39 is 16.4 Å². The molecule has 0 amide bonds. The van der Waals surface area contributed by atoms with Gasteiger partial charge in [0.15, 0.2) is 6.29 Å². The summed E-state index contributed by atoms with van der Waals surface area (Å²) in [6.45, 7) is 3.35. The molecule has 17 heavy (non-hydrogen) atoms. The number of rotatable bonds is 5. The zero-order valence-electron chi connectivity index (χ0n) is 9.71. The number of terminal acetylenes is 1. The van der Waals surface area contributed by atoms with Crippen LogP contribution in [0, 0.1) is 19.3 Å². The summed E-state index contributed by atoms with van der Waals surface area (Å²) in [6, 6.07) is 6.36. The molecule has 0 aromatic heterocycles. The summed E-state index contributed by atoms with van der Waals surface area (Å²) >= 11 is 0. The molecule has 0 saturated carbocycles. The van der Waals surface area contributed by atoms with Crippen molar-refractivity contribution >= 4 is 10.1 Å². The summed E-state index contributed by atoms with van der Waals surface area (Å²) in [6.07, 6.45) is 4.08. The Kier molecular flexibility index (Phi) is 4.70. The Bertz CT molecular complexity index is 496. The Hall–Kier alpha value is -1.35. The van der Waals surface area contributed by atoms with Crippen molar-refractivity contribution in [2.24, 2.45) is 0 Å². The molecule has 0 aliphatic carbocycles. The van der Waals surface area contributed by atoms with Crippen LogP contribution < -0.4 is 0 Å². The largest absolute Gasteiger partial charge is 0.339 e. The number of aryl methyl sites for hydroxylation is 1. The van der Waals surface area contributed by atoms with E-state index >= 15 is 0 Å². The first-order valence-electron chi connectivity index (χ1n) is 5.01. The molecule has 5 heteroatoms. The summed E-state index contributed by atoms with van der Waals surface area (Å²) < 4.78 is 33.3. The number of ether oxygens (including phenoxy) is 1. The highest BCUT2D eigenvalue weighted by Gasteiger charge is 2.18. The molecule has 0 spiro atoms. The fourth-order valence-corrected chi connectivity index (χ4v) is 2.13. The molecule has 1 rings (SSSR count). The molecular formula is C12H14O4S. The van der Waals surface area contributed by atoms with Crippen molar-refractivity contribution in [3.63, 3.8) is 0 Å².